The Morgan fingerprint density at radius 2 is 2.21 bits per heavy atom. The van der Waals surface area contributed by atoms with Crippen molar-refractivity contribution >= 4 is 35.0 Å². The molecule has 1 aromatic rings. The second-order valence-corrected chi connectivity index (χ2v) is 4.87. The number of carboxylic acid groups (broad SMARTS) is 1. The van der Waals surface area contributed by atoms with Crippen molar-refractivity contribution in [2.24, 2.45) is 0 Å². The predicted octanol–water partition coefficient (Wildman–Crippen LogP) is 1.63. The van der Waals surface area contributed by atoms with Gasteiger partial charge in [0.15, 0.2) is 0 Å². The highest BCUT2D eigenvalue weighted by Crippen LogP contribution is 2.31. The molecule has 2 rings (SSSR count). The molecule has 19 heavy (non-hydrogen) atoms. The van der Waals surface area contributed by atoms with Crippen LogP contribution in [0.1, 0.15) is 12.6 Å². The Bertz CT molecular complexity index is 576. The van der Waals surface area contributed by atoms with Crippen molar-refractivity contribution in [3.05, 3.63) is 28.9 Å². The number of carbonyl (C=O) groups is 3. The fourth-order valence-electron chi connectivity index (χ4n) is 1.75. The lowest BCUT2D eigenvalue weighted by molar-refractivity contribution is -0.140. The topological polar surface area (TPSA) is 79.6 Å². The number of hydrogen-bond acceptors (Lipinski definition) is 4. The number of rotatable bonds is 4. The van der Waals surface area contributed by atoms with E-state index >= 15 is 0 Å². The highest BCUT2D eigenvalue weighted by molar-refractivity contribution is 8.18. The van der Waals surface area contributed by atoms with Crippen LogP contribution < -0.4 is 0 Å². The van der Waals surface area contributed by atoms with Gasteiger partial charge < -0.3 is 9.67 Å². The molecule has 0 unspecified atom stereocenters. The standard InChI is InChI=1S/C12H12N2O4S/c1-2-13-5-3-4-8(13)6-9-11(17)14(7-10(15)16)12(18)19-9/h3-6H,2,7H2,1H3,(H,15,16)/b9-6+. The van der Waals surface area contributed by atoms with E-state index in [1.54, 1.807) is 6.08 Å². The largest absolute Gasteiger partial charge is 0.480 e. The van der Waals surface area contributed by atoms with Crippen LogP contribution in [0.25, 0.3) is 6.08 Å². The van der Waals surface area contributed by atoms with Crippen LogP contribution in [0, 0.1) is 0 Å². The van der Waals surface area contributed by atoms with Crippen molar-refractivity contribution in [3.8, 4) is 0 Å². The van der Waals surface area contributed by atoms with Crippen LogP contribution in [0.3, 0.4) is 0 Å². The van der Waals surface area contributed by atoms with E-state index in [1.165, 1.54) is 0 Å². The van der Waals surface area contributed by atoms with E-state index < -0.39 is 23.7 Å². The Labute approximate surface area is 113 Å². The molecule has 0 spiro atoms. The van der Waals surface area contributed by atoms with Crippen LogP contribution in [0.5, 0.6) is 0 Å². The van der Waals surface area contributed by atoms with Crippen LogP contribution in [0.4, 0.5) is 4.79 Å². The summed E-state index contributed by atoms with van der Waals surface area (Å²) in [7, 11) is 0. The second-order valence-electron chi connectivity index (χ2n) is 3.88. The highest BCUT2D eigenvalue weighted by atomic mass is 32.2. The monoisotopic (exact) mass is 280 g/mol. The maximum atomic E-state index is 11.9. The second kappa shape index (κ2) is 5.31. The smallest absolute Gasteiger partial charge is 0.323 e. The van der Waals surface area contributed by atoms with Gasteiger partial charge in [0, 0.05) is 18.4 Å². The molecule has 0 aliphatic carbocycles. The van der Waals surface area contributed by atoms with Gasteiger partial charge in [0.05, 0.1) is 4.91 Å². The number of nitrogens with zero attached hydrogens (tertiary/aromatic N) is 2. The van der Waals surface area contributed by atoms with Crippen LogP contribution in [0.2, 0.25) is 0 Å². The van der Waals surface area contributed by atoms with Gasteiger partial charge in [-0.25, -0.2) is 0 Å². The van der Waals surface area contributed by atoms with Crippen molar-refractivity contribution in [2.75, 3.05) is 6.54 Å². The fraction of sp³-hybridized carbons (Fsp3) is 0.250. The molecule has 2 heterocycles. The number of amides is 2. The Hall–Kier alpha value is -2.02. The molecule has 0 radical (unpaired) electrons. The van der Waals surface area contributed by atoms with E-state index in [4.69, 9.17) is 5.11 Å². The molecule has 0 saturated carbocycles. The molecule has 0 aromatic carbocycles. The molecule has 1 saturated heterocycles. The number of imide groups is 1. The Morgan fingerprint density at radius 1 is 1.47 bits per heavy atom. The average molecular weight is 280 g/mol. The number of aryl methyl sites for hydroxylation is 1. The molecule has 6 nitrogen and oxygen atoms in total. The minimum atomic E-state index is -1.21. The van der Waals surface area contributed by atoms with Crippen LogP contribution in [-0.2, 0) is 16.1 Å². The number of carbonyl (C=O) groups excluding carboxylic acids is 2. The molecule has 1 aromatic heterocycles. The number of aromatic nitrogens is 1. The van der Waals surface area contributed by atoms with Crippen LogP contribution in [0.15, 0.2) is 23.2 Å². The molecule has 1 N–H and O–H groups in total. The fourth-order valence-corrected chi connectivity index (χ4v) is 2.58. The summed E-state index contributed by atoms with van der Waals surface area (Å²) < 4.78 is 1.92. The molecular weight excluding hydrogens is 268 g/mol. The SMILES string of the molecule is CCn1cccc1/C=C1/SC(=O)N(CC(=O)O)C1=O. The molecular formula is C12H12N2O4S. The summed E-state index contributed by atoms with van der Waals surface area (Å²) >= 11 is 0.763. The van der Waals surface area contributed by atoms with Gasteiger partial charge in [-0.15, -0.1) is 0 Å². The lowest BCUT2D eigenvalue weighted by Gasteiger charge is -2.07. The van der Waals surface area contributed by atoms with E-state index in [1.807, 2.05) is 29.8 Å². The summed E-state index contributed by atoms with van der Waals surface area (Å²) in [5.74, 6) is -1.76. The van der Waals surface area contributed by atoms with E-state index in [0.717, 1.165) is 28.9 Å². The molecule has 1 fully saturated rings. The van der Waals surface area contributed by atoms with Crippen molar-refractivity contribution < 1.29 is 19.5 Å². The first-order valence-corrected chi connectivity index (χ1v) is 6.47. The van der Waals surface area contributed by atoms with E-state index in [9.17, 15) is 14.4 Å². The Morgan fingerprint density at radius 3 is 2.84 bits per heavy atom. The Kier molecular flexibility index (Phi) is 3.75. The van der Waals surface area contributed by atoms with Gasteiger partial charge in [0.25, 0.3) is 11.1 Å². The zero-order chi connectivity index (χ0) is 14.0. The van der Waals surface area contributed by atoms with E-state index in [0.29, 0.717) is 0 Å². The van der Waals surface area contributed by atoms with Crippen molar-refractivity contribution in [1.82, 2.24) is 9.47 Å². The lowest BCUT2D eigenvalue weighted by Crippen LogP contribution is -2.33. The van der Waals surface area contributed by atoms with Crippen molar-refractivity contribution in [1.29, 1.82) is 0 Å². The maximum absolute atomic E-state index is 11.9. The quantitative estimate of drug-likeness (QED) is 0.848. The summed E-state index contributed by atoms with van der Waals surface area (Å²) in [6.45, 7) is 2.11. The summed E-state index contributed by atoms with van der Waals surface area (Å²) in [6.07, 6.45) is 3.48. The van der Waals surface area contributed by atoms with Gasteiger partial charge in [-0.1, -0.05) is 0 Å². The third-order valence-electron chi connectivity index (χ3n) is 2.65. The molecule has 0 bridgehead atoms. The molecule has 7 heteroatoms. The van der Waals surface area contributed by atoms with Gasteiger partial charge in [-0.3, -0.25) is 19.3 Å². The van der Waals surface area contributed by atoms with E-state index in [2.05, 4.69) is 0 Å². The number of hydrogen-bond donors (Lipinski definition) is 1. The molecule has 100 valence electrons. The summed E-state index contributed by atoms with van der Waals surface area (Å²) in [5, 5.41) is 8.11. The Balaban J connectivity index is 2.25. The zero-order valence-corrected chi connectivity index (χ0v) is 11.0. The lowest BCUT2D eigenvalue weighted by atomic mass is 10.3. The first-order chi connectivity index (χ1) is 9.02. The van der Waals surface area contributed by atoms with Crippen molar-refractivity contribution in [2.45, 2.75) is 13.5 Å². The molecule has 1 aliphatic rings. The first kappa shape index (κ1) is 13.4. The number of carboxylic acids is 1. The highest BCUT2D eigenvalue weighted by Gasteiger charge is 2.36. The van der Waals surface area contributed by atoms with Gasteiger partial charge >= 0.3 is 5.97 Å². The average Bonchev–Trinajstić information content (AvgIpc) is 2.89. The van der Waals surface area contributed by atoms with Gasteiger partial charge in [-0.05, 0) is 36.9 Å². The predicted molar refractivity (Wildman–Crippen MR) is 70.4 cm³/mol. The minimum Gasteiger partial charge on any atom is -0.480 e. The van der Waals surface area contributed by atoms with Crippen molar-refractivity contribution in [3.63, 3.8) is 0 Å². The third kappa shape index (κ3) is 2.70. The summed E-state index contributed by atoms with van der Waals surface area (Å²) in [6, 6.07) is 3.67. The summed E-state index contributed by atoms with van der Waals surface area (Å²) in [4.78, 5) is 35.1. The summed E-state index contributed by atoms with van der Waals surface area (Å²) in [5.41, 5.74) is 0.809. The number of aliphatic carboxylic acids is 1. The van der Waals surface area contributed by atoms with Gasteiger partial charge in [0.1, 0.15) is 6.54 Å². The third-order valence-corrected chi connectivity index (χ3v) is 3.56. The molecule has 2 amide bonds. The van der Waals surface area contributed by atoms with Crippen LogP contribution in [-0.4, -0.2) is 38.2 Å². The van der Waals surface area contributed by atoms with Crippen LogP contribution >= 0.6 is 11.8 Å². The zero-order valence-electron chi connectivity index (χ0n) is 10.2. The normalized spacial score (nSPS) is 17.5. The maximum Gasteiger partial charge on any atom is 0.323 e. The molecule has 0 atom stereocenters. The minimum absolute atomic E-state index is 0.250. The first-order valence-electron chi connectivity index (χ1n) is 5.65. The van der Waals surface area contributed by atoms with Gasteiger partial charge in [0.2, 0.25) is 0 Å². The van der Waals surface area contributed by atoms with Gasteiger partial charge in [-0.2, -0.15) is 0 Å². The molecule has 1 aliphatic heterocycles. The number of thioether (sulfide) groups is 1. The van der Waals surface area contributed by atoms with E-state index in [-0.39, 0.29) is 4.91 Å².